The zero-order valence-corrected chi connectivity index (χ0v) is 9.96. The highest BCUT2D eigenvalue weighted by atomic mass is 16.6. The van der Waals surface area contributed by atoms with Crippen LogP contribution in [0.25, 0.3) is 6.08 Å². The standard InChI is InChI=1S/C13H13N3O2/c1-10-12(16-18-15-10)9-14-13(17)8-7-11-5-3-2-4-6-11/h2-8H,9H2,1H3,(H,14,17)/b8-7+. The molecule has 0 bridgehead atoms. The summed E-state index contributed by atoms with van der Waals surface area (Å²) in [5, 5.41) is 10.0. The number of hydrogen-bond donors (Lipinski definition) is 1. The van der Waals surface area contributed by atoms with E-state index in [1.165, 1.54) is 6.08 Å². The number of hydrogen-bond acceptors (Lipinski definition) is 4. The van der Waals surface area contributed by atoms with E-state index in [2.05, 4.69) is 20.3 Å². The molecule has 92 valence electrons. The molecule has 1 aromatic carbocycles. The van der Waals surface area contributed by atoms with Crippen molar-refractivity contribution in [2.45, 2.75) is 13.5 Å². The van der Waals surface area contributed by atoms with Crippen molar-refractivity contribution in [3.8, 4) is 0 Å². The summed E-state index contributed by atoms with van der Waals surface area (Å²) in [6.07, 6.45) is 3.24. The largest absolute Gasteiger partial charge is 0.347 e. The highest BCUT2D eigenvalue weighted by molar-refractivity contribution is 5.91. The summed E-state index contributed by atoms with van der Waals surface area (Å²) in [7, 11) is 0. The molecular formula is C13H13N3O2. The van der Waals surface area contributed by atoms with Crippen LogP contribution in [0.4, 0.5) is 0 Å². The molecule has 1 heterocycles. The summed E-state index contributed by atoms with van der Waals surface area (Å²) in [4.78, 5) is 11.5. The van der Waals surface area contributed by atoms with Crippen molar-refractivity contribution in [2.75, 3.05) is 0 Å². The maximum Gasteiger partial charge on any atom is 0.244 e. The molecule has 0 atom stereocenters. The molecule has 18 heavy (non-hydrogen) atoms. The number of carbonyl (C=O) groups is 1. The number of amides is 1. The second kappa shape index (κ2) is 5.77. The second-order valence-electron chi connectivity index (χ2n) is 3.76. The van der Waals surface area contributed by atoms with Gasteiger partial charge in [-0.2, -0.15) is 0 Å². The molecule has 5 heteroatoms. The van der Waals surface area contributed by atoms with Crippen LogP contribution in [0.3, 0.4) is 0 Å². The summed E-state index contributed by atoms with van der Waals surface area (Å²) in [5.41, 5.74) is 2.30. The highest BCUT2D eigenvalue weighted by Crippen LogP contribution is 2.01. The number of benzene rings is 1. The van der Waals surface area contributed by atoms with E-state index in [4.69, 9.17) is 0 Å². The Balaban J connectivity index is 1.86. The van der Waals surface area contributed by atoms with Gasteiger partial charge in [0.1, 0.15) is 11.4 Å². The fourth-order valence-corrected chi connectivity index (χ4v) is 1.38. The Morgan fingerprint density at radius 1 is 1.33 bits per heavy atom. The quantitative estimate of drug-likeness (QED) is 0.830. The Bertz CT molecular complexity index is 546. The van der Waals surface area contributed by atoms with Gasteiger partial charge in [0, 0.05) is 6.08 Å². The number of nitrogens with one attached hydrogen (secondary N) is 1. The van der Waals surface area contributed by atoms with E-state index in [0.717, 1.165) is 5.56 Å². The number of aromatic nitrogens is 2. The van der Waals surface area contributed by atoms with Gasteiger partial charge in [0.05, 0.1) is 6.54 Å². The minimum Gasteiger partial charge on any atom is -0.347 e. The Labute approximate surface area is 104 Å². The van der Waals surface area contributed by atoms with Crippen LogP contribution in [0.2, 0.25) is 0 Å². The van der Waals surface area contributed by atoms with Crippen molar-refractivity contribution >= 4 is 12.0 Å². The molecule has 2 aromatic rings. The summed E-state index contributed by atoms with van der Waals surface area (Å²) >= 11 is 0. The van der Waals surface area contributed by atoms with Crippen LogP contribution >= 0.6 is 0 Å². The molecular weight excluding hydrogens is 230 g/mol. The Hall–Kier alpha value is -2.43. The Morgan fingerprint density at radius 2 is 2.11 bits per heavy atom. The average molecular weight is 243 g/mol. The Morgan fingerprint density at radius 3 is 2.78 bits per heavy atom. The molecule has 0 spiro atoms. The topological polar surface area (TPSA) is 68.0 Å². The van der Waals surface area contributed by atoms with E-state index >= 15 is 0 Å². The van der Waals surface area contributed by atoms with Gasteiger partial charge in [0.25, 0.3) is 0 Å². The lowest BCUT2D eigenvalue weighted by atomic mass is 10.2. The van der Waals surface area contributed by atoms with E-state index in [0.29, 0.717) is 17.9 Å². The third-order valence-electron chi connectivity index (χ3n) is 2.40. The van der Waals surface area contributed by atoms with Crippen LogP contribution in [-0.4, -0.2) is 16.2 Å². The van der Waals surface area contributed by atoms with Gasteiger partial charge in [-0.15, -0.1) is 0 Å². The number of rotatable bonds is 4. The van der Waals surface area contributed by atoms with Gasteiger partial charge < -0.3 is 5.32 Å². The lowest BCUT2D eigenvalue weighted by molar-refractivity contribution is -0.116. The maximum atomic E-state index is 11.5. The SMILES string of the molecule is Cc1nonc1CNC(=O)/C=C/c1ccccc1. The van der Waals surface area contributed by atoms with E-state index in [1.54, 1.807) is 13.0 Å². The van der Waals surface area contributed by atoms with E-state index in [9.17, 15) is 4.79 Å². The third-order valence-corrected chi connectivity index (χ3v) is 2.40. The predicted octanol–water partition coefficient (Wildman–Crippen LogP) is 1.71. The van der Waals surface area contributed by atoms with Crippen molar-refractivity contribution < 1.29 is 9.42 Å². The van der Waals surface area contributed by atoms with Gasteiger partial charge in [-0.3, -0.25) is 4.79 Å². The first-order valence-electron chi connectivity index (χ1n) is 5.54. The zero-order chi connectivity index (χ0) is 12.8. The fraction of sp³-hybridized carbons (Fsp3) is 0.154. The molecule has 0 fully saturated rings. The highest BCUT2D eigenvalue weighted by Gasteiger charge is 2.05. The Kier molecular flexibility index (Phi) is 3.86. The van der Waals surface area contributed by atoms with Crippen molar-refractivity contribution in [2.24, 2.45) is 0 Å². The molecule has 0 unspecified atom stereocenters. The average Bonchev–Trinajstić information content (AvgIpc) is 2.81. The monoisotopic (exact) mass is 243 g/mol. The van der Waals surface area contributed by atoms with Crippen LogP contribution in [0, 0.1) is 6.92 Å². The first kappa shape index (κ1) is 12.0. The predicted molar refractivity (Wildman–Crippen MR) is 66.4 cm³/mol. The summed E-state index contributed by atoms with van der Waals surface area (Å²) in [5.74, 6) is -0.179. The molecule has 1 aromatic heterocycles. The van der Waals surface area contributed by atoms with Crippen LogP contribution in [0.1, 0.15) is 17.0 Å². The molecule has 0 radical (unpaired) electrons. The van der Waals surface area contributed by atoms with Crippen LogP contribution in [0.5, 0.6) is 0 Å². The minimum atomic E-state index is -0.179. The molecule has 0 saturated carbocycles. The van der Waals surface area contributed by atoms with Crippen LogP contribution < -0.4 is 5.32 Å². The second-order valence-corrected chi connectivity index (χ2v) is 3.76. The first-order chi connectivity index (χ1) is 8.75. The first-order valence-corrected chi connectivity index (χ1v) is 5.54. The van der Waals surface area contributed by atoms with Gasteiger partial charge in [-0.25, -0.2) is 4.63 Å². The van der Waals surface area contributed by atoms with Crippen LogP contribution in [0.15, 0.2) is 41.0 Å². The van der Waals surface area contributed by atoms with Gasteiger partial charge in [-0.05, 0) is 18.6 Å². The molecule has 1 N–H and O–H groups in total. The number of nitrogens with zero attached hydrogens (tertiary/aromatic N) is 2. The molecule has 2 rings (SSSR count). The number of aryl methyl sites for hydroxylation is 1. The third kappa shape index (κ3) is 3.28. The van der Waals surface area contributed by atoms with Crippen molar-refractivity contribution in [3.05, 3.63) is 53.4 Å². The minimum absolute atomic E-state index is 0.179. The summed E-state index contributed by atoms with van der Waals surface area (Å²) in [6, 6.07) is 9.62. The molecule has 1 amide bonds. The van der Waals surface area contributed by atoms with Crippen molar-refractivity contribution in [1.29, 1.82) is 0 Å². The van der Waals surface area contributed by atoms with E-state index < -0.39 is 0 Å². The van der Waals surface area contributed by atoms with Gasteiger partial charge in [0.15, 0.2) is 0 Å². The molecule has 0 aliphatic carbocycles. The zero-order valence-electron chi connectivity index (χ0n) is 9.96. The van der Waals surface area contributed by atoms with Gasteiger partial charge >= 0.3 is 0 Å². The van der Waals surface area contributed by atoms with Gasteiger partial charge in [0.2, 0.25) is 5.91 Å². The summed E-state index contributed by atoms with van der Waals surface area (Å²) < 4.78 is 4.54. The smallest absolute Gasteiger partial charge is 0.244 e. The number of carbonyl (C=O) groups excluding carboxylic acids is 1. The van der Waals surface area contributed by atoms with E-state index in [-0.39, 0.29) is 5.91 Å². The molecule has 0 aliphatic rings. The van der Waals surface area contributed by atoms with Crippen molar-refractivity contribution in [1.82, 2.24) is 15.6 Å². The lowest BCUT2D eigenvalue weighted by Crippen LogP contribution is -2.20. The molecule has 5 nitrogen and oxygen atoms in total. The maximum absolute atomic E-state index is 11.5. The normalized spacial score (nSPS) is 10.7. The fourth-order valence-electron chi connectivity index (χ4n) is 1.38. The lowest BCUT2D eigenvalue weighted by Gasteiger charge is -1.98. The molecule has 0 aliphatic heterocycles. The van der Waals surface area contributed by atoms with Crippen LogP contribution in [-0.2, 0) is 11.3 Å². The van der Waals surface area contributed by atoms with Gasteiger partial charge in [-0.1, -0.05) is 40.6 Å². The molecule has 0 saturated heterocycles. The van der Waals surface area contributed by atoms with Crippen molar-refractivity contribution in [3.63, 3.8) is 0 Å². The van der Waals surface area contributed by atoms with E-state index in [1.807, 2.05) is 30.3 Å². The summed E-state index contributed by atoms with van der Waals surface area (Å²) in [6.45, 7) is 2.09.